The lowest BCUT2D eigenvalue weighted by Crippen LogP contribution is -2.35. The third-order valence-electron chi connectivity index (χ3n) is 3.95. The van der Waals surface area contributed by atoms with E-state index in [1.165, 1.54) is 17.9 Å². The first-order valence-corrected chi connectivity index (χ1v) is 10.0. The van der Waals surface area contributed by atoms with Crippen molar-refractivity contribution in [2.45, 2.75) is 13.5 Å². The van der Waals surface area contributed by atoms with Crippen LogP contribution in [-0.2, 0) is 20.9 Å². The largest absolute Gasteiger partial charge is 0.482 e. The number of alkyl halides is 1. The van der Waals surface area contributed by atoms with E-state index in [9.17, 15) is 24.0 Å². The van der Waals surface area contributed by atoms with Crippen LogP contribution in [0.15, 0.2) is 29.1 Å². The van der Waals surface area contributed by atoms with E-state index in [0.29, 0.717) is 11.4 Å². The number of nitrogens with zero attached hydrogens (tertiary/aromatic N) is 2. The summed E-state index contributed by atoms with van der Waals surface area (Å²) >= 11 is 0.972. The van der Waals surface area contributed by atoms with Crippen LogP contribution in [0.5, 0.6) is 5.75 Å². The zero-order valence-corrected chi connectivity index (χ0v) is 17.8. The molecule has 0 bridgehead atoms. The van der Waals surface area contributed by atoms with Crippen LogP contribution in [-0.4, -0.2) is 43.4 Å². The SMILES string of the molecule is CCn1c(=C(C#N)C(=O)NCCF)sc(=CNc2cccc(OCC(=O)OC)c2)c1=O. The van der Waals surface area contributed by atoms with Crippen LogP contribution in [0, 0.1) is 11.3 Å². The van der Waals surface area contributed by atoms with Crippen molar-refractivity contribution in [1.29, 1.82) is 5.26 Å². The number of carbonyl (C=O) groups is 2. The summed E-state index contributed by atoms with van der Waals surface area (Å²) in [5.74, 6) is -0.832. The quantitative estimate of drug-likeness (QED) is 0.522. The van der Waals surface area contributed by atoms with Gasteiger partial charge in [0.1, 0.15) is 27.7 Å². The van der Waals surface area contributed by atoms with Gasteiger partial charge in [-0.2, -0.15) is 5.26 Å². The van der Waals surface area contributed by atoms with E-state index in [4.69, 9.17) is 4.74 Å². The Morgan fingerprint density at radius 1 is 1.39 bits per heavy atom. The van der Waals surface area contributed by atoms with Crippen molar-refractivity contribution in [2.24, 2.45) is 0 Å². The Labute approximate surface area is 181 Å². The fraction of sp³-hybridized carbons (Fsp3) is 0.300. The molecule has 2 N–H and O–H groups in total. The summed E-state index contributed by atoms with van der Waals surface area (Å²) < 4.78 is 23.9. The monoisotopic (exact) mass is 448 g/mol. The van der Waals surface area contributed by atoms with Crippen LogP contribution < -0.4 is 30.1 Å². The van der Waals surface area contributed by atoms with Crippen LogP contribution in [0.4, 0.5) is 10.1 Å². The number of halogens is 1. The molecular formula is C20H21FN4O5S. The lowest BCUT2D eigenvalue weighted by Gasteiger charge is -2.06. The Morgan fingerprint density at radius 2 is 2.16 bits per heavy atom. The number of rotatable bonds is 9. The lowest BCUT2D eigenvalue weighted by atomic mass is 10.3. The van der Waals surface area contributed by atoms with E-state index in [0.717, 1.165) is 11.3 Å². The summed E-state index contributed by atoms with van der Waals surface area (Å²) in [5.41, 5.74) is -0.0423. The molecular weight excluding hydrogens is 427 g/mol. The van der Waals surface area contributed by atoms with Gasteiger partial charge in [0.05, 0.1) is 7.11 Å². The fourth-order valence-electron chi connectivity index (χ4n) is 2.46. The maximum Gasteiger partial charge on any atom is 0.343 e. The zero-order chi connectivity index (χ0) is 22.8. The van der Waals surface area contributed by atoms with Gasteiger partial charge < -0.3 is 20.1 Å². The predicted octanol–water partition coefficient (Wildman–Crippen LogP) is 0.0916. The molecule has 11 heteroatoms. The average Bonchev–Trinajstić information content (AvgIpc) is 3.10. The molecule has 9 nitrogen and oxygen atoms in total. The molecule has 2 aromatic rings. The molecule has 0 unspecified atom stereocenters. The molecule has 0 fully saturated rings. The Hall–Kier alpha value is -3.65. The molecule has 0 aliphatic rings. The molecule has 1 aromatic carbocycles. The van der Waals surface area contributed by atoms with Gasteiger partial charge in [-0.25, -0.2) is 9.18 Å². The number of nitrogens with one attached hydrogen (secondary N) is 2. The van der Waals surface area contributed by atoms with E-state index in [1.54, 1.807) is 37.3 Å². The Bertz CT molecular complexity index is 1170. The second kappa shape index (κ2) is 11.5. The number of esters is 1. The van der Waals surface area contributed by atoms with Crippen molar-refractivity contribution in [3.63, 3.8) is 0 Å². The molecule has 1 amide bonds. The molecule has 0 atom stereocenters. The molecule has 31 heavy (non-hydrogen) atoms. The Kier molecular flexibility index (Phi) is 8.78. The number of carbonyl (C=O) groups excluding carboxylic acids is 2. The molecule has 0 radical (unpaired) electrons. The topological polar surface area (TPSA) is 122 Å². The number of hydrogen-bond acceptors (Lipinski definition) is 8. The van der Waals surface area contributed by atoms with Crippen LogP contribution in [0.1, 0.15) is 6.92 Å². The van der Waals surface area contributed by atoms with Gasteiger partial charge in [0, 0.05) is 31.0 Å². The van der Waals surface area contributed by atoms with Gasteiger partial charge in [-0.05, 0) is 19.1 Å². The Balaban J connectivity index is 2.37. The second-order valence-electron chi connectivity index (χ2n) is 5.93. The third kappa shape index (κ3) is 6.16. The van der Waals surface area contributed by atoms with E-state index in [1.807, 2.05) is 0 Å². The summed E-state index contributed by atoms with van der Waals surface area (Å²) in [7, 11) is 1.26. The summed E-state index contributed by atoms with van der Waals surface area (Å²) in [4.78, 5) is 36.0. The maximum atomic E-state index is 12.7. The molecule has 0 aliphatic carbocycles. The standard InChI is InChI=1S/C20H21FN4O5S/c1-3-25-19(28)16(31-20(25)15(10-22)18(27)23-8-7-21)11-24-13-5-4-6-14(9-13)30-12-17(26)29-2/h4-6,9,11,24H,3,7-8,12H2,1-2H3,(H,23,27). The molecule has 0 saturated heterocycles. The number of amides is 1. The Morgan fingerprint density at radius 3 is 2.81 bits per heavy atom. The molecule has 0 aliphatic heterocycles. The number of aromatic nitrogens is 1. The zero-order valence-electron chi connectivity index (χ0n) is 16.9. The predicted molar refractivity (Wildman–Crippen MR) is 114 cm³/mol. The van der Waals surface area contributed by atoms with Crippen LogP contribution in [0.3, 0.4) is 0 Å². The van der Waals surface area contributed by atoms with Gasteiger partial charge >= 0.3 is 5.97 Å². The van der Waals surface area contributed by atoms with E-state index in [2.05, 4.69) is 15.4 Å². The molecule has 0 spiro atoms. The van der Waals surface area contributed by atoms with Gasteiger partial charge in [-0.1, -0.05) is 6.07 Å². The van der Waals surface area contributed by atoms with Crippen molar-refractivity contribution < 1.29 is 23.5 Å². The van der Waals surface area contributed by atoms with E-state index >= 15 is 0 Å². The summed E-state index contributed by atoms with van der Waals surface area (Å²) in [6, 6.07) is 8.51. The maximum absolute atomic E-state index is 12.7. The lowest BCUT2D eigenvalue weighted by molar-refractivity contribution is -0.142. The van der Waals surface area contributed by atoms with Gasteiger partial charge in [0.2, 0.25) is 0 Å². The molecule has 164 valence electrons. The summed E-state index contributed by atoms with van der Waals surface area (Å²) in [6.45, 7) is 0.736. The minimum atomic E-state index is -0.763. The van der Waals surface area contributed by atoms with Crippen LogP contribution in [0.25, 0.3) is 11.8 Å². The molecule has 1 heterocycles. The fourth-order valence-corrected chi connectivity index (χ4v) is 3.55. The minimum absolute atomic E-state index is 0.189. The number of methoxy groups -OCH3 is 1. The number of anilines is 1. The van der Waals surface area contributed by atoms with E-state index < -0.39 is 18.6 Å². The smallest absolute Gasteiger partial charge is 0.343 e. The number of hydrogen-bond donors (Lipinski definition) is 2. The van der Waals surface area contributed by atoms with Crippen LogP contribution in [0.2, 0.25) is 0 Å². The average molecular weight is 448 g/mol. The highest BCUT2D eigenvalue weighted by Crippen LogP contribution is 2.17. The van der Waals surface area contributed by atoms with Crippen molar-refractivity contribution in [1.82, 2.24) is 9.88 Å². The first-order chi connectivity index (χ1) is 14.9. The highest BCUT2D eigenvalue weighted by atomic mass is 32.1. The van der Waals surface area contributed by atoms with Gasteiger partial charge in [0.15, 0.2) is 12.2 Å². The number of nitriles is 1. The molecule has 2 rings (SSSR count). The van der Waals surface area contributed by atoms with Crippen molar-refractivity contribution in [3.05, 3.63) is 43.8 Å². The normalized spacial score (nSPS) is 12.0. The van der Waals surface area contributed by atoms with Gasteiger partial charge in [-0.3, -0.25) is 14.2 Å². The van der Waals surface area contributed by atoms with Crippen molar-refractivity contribution >= 4 is 40.7 Å². The number of benzene rings is 1. The first-order valence-electron chi connectivity index (χ1n) is 9.19. The third-order valence-corrected chi connectivity index (χ3v) is 5.08. The van der Waals surface area contributed by atoms with Crippen molar-refractivity contribution in [3.8, 4) is 11.8 Å². The first kappa shape index (κ1) is 23.6. The highest BCUT2D eigenvalue weighted by Gasteiger charge is 2.14. The van der Waals surface area contributed by atoms with Crippen LogP contribution >= 0.6 is 11.3 Å². The molecule has 0 saturated carbocycles. The second-order valence-corrected chi connectivity index (χ2v) is 6.96. The summed E-state index contributed by atoms with van der Waals surface area (Å²) in [6.07, 6.45) is 1.45. The molecule has 1 aromatic heterocycles. The minimum Gasteiger partial charge on any atom is -0.482 e. The summed E-state index contributed by atoms with van der Waals surface area (Å²) in [5, 5.41) is 14.6. The number of thiazole rings is 1. The number of ether oxygens (including phenoxy) is 2. The van der Waals surface area contributed by atoms with Gasteiger partial charge in [0.25, 0.3) is 11.5 Å². The van der Waals surface area contributed by atoms with Crippen molar-refractivity contribution in [2.75, 3.05) is 32.3 Å². The van der Waals surface area contributed by atoms with E-state index in [-0.39, 0.29) is 40.0 Å². The highest BCUT2D eigenvalue weighted by molar-refractivity contribution is 7.07. The van der Waals surface area contributed by atoms with Gasteiger partial charge in [-0.15, -0.1) is 11.3 Å².